The number of carbonyl (C=O) groups excluding carboxylic acids is 2. The molecule has 1 aromatic heterocycles. The third-order valence-corrected chi connectivity index (χ3v) is 10.7. The summed E-state index contributed by atoms with van der Waals surface area (Å²) >= 11 is 0. The average molecular weight is 671 g/mol. The molecule has 0 bridgehead atoms. The van der Waals surface area contributed by atoms with E-state index in [0.29, 0.717) is 48.4 Å². The minimum absolute atomic E-state index is 0.0109. The molecule has 3 aromatic rings. The number of rotatable bonds is 6. The maximum atomic E-state index is 13.9. The summed E-state index contributed by atoms with van der Waals surface area (Å²) in [4.78, 5) is 37.4. The van der Waals surface area contributed by atoms with Crippen molar-refractivity contribution in [3.05, 3.63) is 82.5 Å². The molecule has 2 fully saturated rings. The number of piperidine rings is 1. The molecule has 2 aromatic carbocycles. The van der Waals surface area contributed by atoms with Gasteiger partial charge in [-0.1, -0.05) is 18.2 Å². The number of benzene rings is 2. The van der Waals surface area contributed by atoms with Crippen molar-refractivity contribution in [2.45, 2.75) is 64.4 Å². The Morgan fingerprint density at radius 2 is 1.67 bits per heavy atom. The van der Waals surface area contributed by atoms with Crippen molar-refractivity contribution in [1.29, 1.82) is 5.26 Å². The standard InChI is InChI=1S/C37H46N6O4S/c1-26-22-27(2)31(24-30(26)23-28-13-16-41(17-14-28)32-11-8-7-10-29(32)25-38)35(44)43-20-18-42(19-21-43)34-33(12-9-15-39-34)48(6,46)40-36(45)47-37(3,4)5/h7-12,15,22,24,28H,13-14,16-21,23H2,1-6H3/t48-/m0/s1. The first kappa shape index (κ1) is 34.9. The number of anilines is 2. The number of aryl methyl sites for hydroxylation is 2. The van der Waals surface area contributed by atoms with Crippen molar-refractivity contribution < 1.29 is 18.5 Å². The van der Waals surface area contributed by atoms with Crippen LogP contribution in [0.2, 0.25) is 0 Å². The van der Waals surface area contributed by atoms with Gasteiger partial charge in [-0.15, -0.1) is 4.36 Å². The highest BCUT2D eigenvalue weighted by molar-refractivity contribution is 7.93. The largest absolute Gasteiger partial charge is 0.442 e. The van der Waals surface area contributed by atoms with Gasteiger partial charge in [0.2, 0.25) is 0 Å². The van der Waals surface area contributed by atoms with Gasteiger partial charge in [-0.25, -0.2) is 14.0 Å². The molecule has 254 valence electrons. The predicted octanol–water partition coefficient (Wildman–Crippen LogP) is 6.38. The van der Waals surface area contributed by atoms with E-state index >= 15 is 0 Å². The number of pyridine rings is 1. The lowest BCUT2D eigenvalue weighted by atomic mass is 9.86. The highest BCUT2D eigenvalue weighted by atomic mass is 32.2. The second kappa shape index (κ2) is 14.4. The van der Waals surface area contributed by atoms with Crippen LogP contribution in [-0.2, 0) is 20.9 Å². The van der Waals surface area contributed by atoms with E-state index in [4.69, 9.17) is 4.74 Å². The quantitative estimate of drug-likeness (QED) is 0.296. The van der Waals surface area contributed by atoms with E-state index in [1.54, 1.807) is 39.1 Å². The number of piperazine rings is 1. The third kappa shape index (κ3) is 8.16. The topological polar surface area (TPSA) is 119 Å². The molecule has 2 aliphatic heterocycles. The highest BCUT2D eigenvalue weighted by Gasteiger charge is 2.29. The smallest absolute Gasteiger partial charge is 0.442 e. The molecule has 0 N–H and O–H groups in total. The predicted molar refractivity (Wildman–Crippen MR) is 189 cm³/mol. The first-order chi connectivity index (χ1) is 22.8. The van der Waals surface area contributed by atoms with Gasteiger partial charge in [0.15, 0.2) is 0 Å². The van der Waals surface area contributed by atoms with E-state index < -0.39 is 21.4 Å². The van der Waals surface area contributed by atoms with Gasteiger partial charge in [-0.3, -0.25) is 4.79 Å². The summed E-state index contributed by atoms with van der Waals surface area (Å²) in [6.45, 7) is 13.1. The molecule has 0 saturated carbocycles. The Balaban J connectivity index is 1.24. The van der Waals surface area contributed by atoms with Crippen LogP contribution in [0.4, 0.5) is 16.3 Å². The molecule has 48 heavy (non-hydrogen) atoms. The molecule has 0 radical (unpaired) electrons. The lowest BCUT2D eigenvalue weighted by molar-refractivity contribution is 0.0607. The van der Waals surface area contributed by atoms with Crippen molar-refractivity contribution in [3.63, 3.8) is 0 Å². The van der Waals surface area contributed by atoms with E-state index in [9.17, 15) is 19.1 Å². The van der Waals surface area contributed by atoms with Gasteiger partial charge in [0.05, 0.1) is 25.9 Å². The van der Waals surface area contributed by atoms with Crippen molar-refractivity contribution in [2.75, 3.05) is 55.3 Å². The Labute approximate surface area is 284 Å². The number of nitriles is 1. The van der Waals surface area contributed by atoms with Gasteiger partial charge < -0.3 is 19.4 Å². The van der Waals surface area contributed by atoms with Crippen molar-refractivity contribution in [3.8, 4) is 6.07 Å². The molecule has 10 nitrogen and oxygen atoms in total. The summed E-state index contributed by atoms with van der Waals surface area (Å²) < 4.78 is 22.8. The monoisotopic (exact) mass is 670 g/mol. The summed E-state index contributed by atoms with van der Waals surface area (Å²) in [5, 5.41) is 9.53. The molecule has 5 rings (SSSR count). The Morgan fingerprint density at radius 1 is 0.979 bits per heavy atom. The van der Waals surface area contributed by atoms with Crippen molar-refractivity contribution in [2.24, 2.45) is 10.3 Å². The zero-order chi connectivity index (χ0) is 34.6. The second-order valence-corrected chi connectivity index (χ2v) is 16.1. The molecular weight excluding hydrogens is 625 g/mol. The van der Waals surface area contributed by atoms with E-state index in [2.05, 4.69) is 39.4 Å². The molecule has 2 aliphatic rings. The summed E-state index contributed by atoms with van der Waals surface area (Å²) in [5.41, 5.74) is 5.09. The van der Waals surface area contributed by atoms with Gasteiger partial charge >= 0.3 is 6.09 Å². The van der Waals surface area contributed by atoms with Crippen molar-refractivity contribution >= 4 is 33.2 Å². The molecule has 0 aliphatic carbocycles. The molecule has 2 amide bonds. The molecule has 0 unspecified atom stereocenters. The minimum atomic E-state index is -3.13. The van der Waals surface area contributed by atoms with Crippen molar-refractivity contribution in [1.82, 2.24) is 9.88 Å². The van der Waals surface area contributed by atoms with Crippen LogP contribution in [0.5, 0.6) is 0 Å². The number of ether oxygens (including phenoxy) is 1. The first-order valence-corrected chi connectivity index (χ1v) is 18.5. The molecule has 0 spiro atoms. The Hall–Kier alpha value is -4.43. The Bertz CT molecular complexity index is 1840. The third-order valence-electron chi connectivity index (χ3n) is 9.07. The number of para-hydroxylation sites is 1. The van der Waals surface area contributed by atoms with E-state index in [0.717, 1.165) is 49.2 Å². The van der Waals surface area contributed by atoms with Gasteiger partial charge in [0.1, 0.15) is 17.5 Å². The average Bonchev–Trinajstić information content (AvgIpc) is 3.05. The van der Waals surface area contributed by atoms with E-state index in [1.807, 2.05) is 41.0 Å². The van der Waals surface area contributed by atoms with Gasteiger partial charge in [-0.2, -0.15) is 5.26 Å². The van der Waals surface area contributed by atoms with Crippen LogP contribution in [0.3, 0.4) is 0 Å². The van der Waals surface area contributed by atoms with Crippen LogP contribution in [0, 0.1) is 31.1 Å². The van der Waals surface area contributed by atoms with Crippen LogP contribution >= 0.6 is 0 Å². The summed E-state index contributed by atoms with van der Waals surface area (Å²) in [6, 6.07) is 17.7. The first-order valence-electron chi connectivity index (χ1n) is 16.5. The number of hydrogen-bond acceptors (Lipinski definition) is 8. The van der Waals surface area contributed by atoms with Gasteiger partial charge in [0.25, 0.3) is 5.91 Å². The maximum absolute atomic E-state index is 13.9. The summed E-state index contributed by atoms with van der Waals surface area (Å²) in [6.07, 6.45) is 5.16. The second-order valence-electron chi connectivity index (χ2n) is 13.8. The zero-order valence-electron chi connectivity index (χ0n) is 28.9. The molecule has 11 heteroatoms. The number of hydrogen-bond donors (Lipinski definition) is 0. The number of nitrogens with zero attached hydrogens (tertiary/aromatic N) is 6. The number of carbonyl (C=O) groups is 2. The fourth-order valence-electron chi connectivity index (χ4n) is 6.56. The fraction of sp³-hybridized carbons (Fsp3) is 0.459. The van der Waals surface area contributed by atoms with Crippen LogP contribution in [0.1, 0.15) is 66.2 Å². The van der Waals surface area contributed by atoms with Crippen LogP contribution < -0.4 is 9.80 Å². The minimum Gasteiger partial charge on any atom is -0.442 e. The van der Waals surface area contributed by atoms with Crippen LogP contribution in [0.25, 0.3) is 0 Å². The maximum Gasteiger partial charge on any atom is 0.442 e. The van der Waals surface area contributed by atoms with E-state index in [1.165, 1.54) is 17.4 Å². The zero-order valence-corrected chi connectivity index (χ0v) is 29.7. The van der Waals surface area contributed by atoms with Gasteiger partial charge in [-0.05, 0) is 107 Å². The highest BCUT2D eigenvalue weighted by Crippen LogP contribution is 2.30. The molecule has 2 saturated heterocycles. The number of aromatic nitrogens is 1. The normalized spacial score (nSPS) is 17.0. The van der Waals surface area contributed by atoms with E-state index in [-0.39, 0.29) is 5.91 Å². The lowest BCUT2D eigenvalue weighted by Gasteiger charge is -2.36. The SMILES string of the molecule is Cc1cc(C)c(C(=O)N2CCN(c3ncccc3[S@](C)(=O)=NC(=O)OC(C)(C)C)CC2)cc1CC1CCN(c2ccccc2C#N)CC1. The van der Waals surface area contributed by atoms with Gasteiger partial charge in [0, 0.05) is 57.3 Å². The lowest BCUT2D eigenvalue weighted by Crippen LogP contribution is -2.49. The van der Waals surface area contributed by atoms with Crippen LogP contribution in [-0.4, -0.2) is 77.2 Å². The van der Waals surface area contributed by atoms with Crippen LogP contribution in [0.15, 0.2) is 64.0 Å². The Morgan fingerprint density at radius 3 is 2.33 bits per heavy atom. The Kier molecular flexibility index (Phi) is 10.4. The summed E-state index contributed by atoms with van der Waals surface area (Å²) in [7, 11) is -3.13. The molecule has 1 atom stereocenters. The number of amides is 2. The summed E-state index contributed by atoms with van der Waals surface area (Å²) in [5.74, 6) is 1.02. The fourth-order valence-corrected chi connectivity index (χ4v) is 7.83. The molecular formula is C37H46N6O4S. The molecule has 3 heterocycles.